The number of benzene rings is 1. The minimum absolute atomic E-state index is 0.227. The molecular formula is C10H7F2NO. The highest BCUT2D eigenvalue weighted by Gasteiger charge is 2.55. The predicted octanol–water partition coefficient (Wildman–Crippen LogP) is 2.10. The van der Waals surface area contributed by atoms with Gasteiger partial charge in [0.1, 0.15) is 17.2 Å². The van der Waals surface area contributed by atoms with Crippen molar-refractivity contribution in [2.45, 2.75) is 18.6 Å². The van der Waals surface area contributed by atoms with E-state index in [0.717, 1.165) is 12.1 Å². The molecule has 2 unspecified atom stereocenters. The van der Waals surface area contributed by atoms with Crippen molar-refractivity contribution in [3.63, 3.8) is 0 Å². The van der Waals surface area contributed by atoms with Crippen molar-refractivity contribution in [2.75, 3.05) is 0 Å². The molecule has 2 rings (SSSR count). The molecule has 0 bridgehead atoms. The van der Waals surface area contributed by atoms with E-state index in [1.165, 1.54) is 6.07 Å². The van der Waals surface area contributed by atoms with Gasteiger partial charge in [0, 0.05) is 11.6 Å². The van der Waals surface area contributed by atoms with Crippen LogP contribution < -0.4 is 0 Å². The molecule has 14 heavy (non-hydrogen) atoms. The molecular weight excluding hydrogens is 188 g/mol. The number of ether oxygens (including phenoxy) is 1. The van der Waals surface area contributed by atoms with Gasteiger partial charge in [-0.3, -0.25) is 0 Å². The Bertz CT molecular complexity index is 427. The van der Waals surface area contributed by atoms with Gasteiger partial charge < -0.3 is 4.74 Å². The highest BCUT2D eigenvalue weighted by Crippen LogP contribution is 2.46. The number of epoxide rings is 1. The van der Waals surface area contributed by atoms with E-state index in [0.29, 0.717) is 0 Å². The van der Waals surface area contributed by atoms with Crippen molar-refractivity contribution in [1.29, 1.82) is 5.26 Å². The van der Waals surface area contributed by atoms with Gasteiger partial charge in [-0.1, -0.05) is 6.07 Å². The lowest BCUT2D eigenvalue weighted by Gasteiger charge is -2.06. The van der Waals surface area contributed by atoms with Gasteiger partial charge in [0.05, 0.1) is 6.07 Å². The van der Waals surface area contributed by atoms with E-state index in [4.69, 9.17) is 10.00 Å². The third-order valence-electron chi connectivity index (χ3n) is 2.39. The number of halogens is 2. The van der Waals surface area contributed by atoms with Crippen LogP contribution in [0.1, 0.15) is 12.5 Å². The van der Waals surface area contributed by atoms with E-state index in [1.807, 2.05) is 6.07 Å². The van der Waals surface area contributed by atoms with Crippen molar-refractivity contribution in [1.82, 2.24) is 0 Å². The average molecular weight is 195 g/mol. The summed E-state index contributed by atoms with van der Waals surface area (Å²) < 4.78 is 30.9. The molecule has 2 atom stereocenters. The molecule has 1 aliphatic heterocycles. The molecule has 1 aromatic rings. The summed E-state index contributed by atoms with van der Waals surface area (Å²) in [4.78, 5) is 0. The van der Waals surface area contributed by atoms with Crippen LogP contribution in [0.5, 0.6) is 0 Å². The van der Waals surface area contributed by atoms with Crippen molar-refractivity contribution in [3.05, 3.63) is 35.4 Å². The molecule has 1 fully saturated rings. The third kappa shape index (κ3) is 1.17. The van der Waals surface area contributed by atoms with Gasteiger partial charge in [0.2, 0.25) is 0 Å². The lowest BCUT2D eigenvalue weighted by atomic mass is 9.97. The van der Waals surface area contributed by atoms with Crippen molar-refractivity contribution >= 4 is 0 Å². The van der Waals surface area contributed by atoms with Gasteiger partial charge in [-0.05, 0) is 13.0 Å². The topological polar surface area (TPSA) is 36.3 Å². The predicted molar refractivity (Wildman–Crippen MR) is 44.2 cm³/mol. The molecule has 0 radical (unpaired) electrons. The number of rotatable bonds is 1. The van der Waals surface area contributed by atoms with Crippen LogP contribution in [0.25, 0.3) is 0 Å². The Hall–Kier alpha value is -1.47. The van der Waals surface area contributed by atoms with E-state index in [9.17, 15) is 8.78 Å². The van der Waals surface area contributed by atoms with Crippen LogP contribution in [0.2, 0.25) is 0 Å². The first-order chi connectivity index (χ1) is 6.58. The fourth-order valence-corrected chi connectivity index (χ4v) is 1.46. The molecule has 2 nitrogen and oxygen atoms in total. The summed E-state index contributed by atoms with van der Waals surface area (Å²) in [6.45, 7) is 1.61. The summed E-state index contributed by atoms with van der Waals surface area (Å²) in [7, 11) is 0. The maximum Gasteiger partial charge on any atom is 0.178 e. The highest BCUT2D eigenvalue weighted by molar-refractivity contribution is 5.33. The molecule has 1 heterocycles. The average Bonchev–Trinajstić information content (AvgIpc) is 2.77. The Kier molecular flexibility index (Phi) is 1.79. The van der Waals surface area contributed by atoms with Crippen LogP contribution >= 0.6 is 0 Å². The van der Waals surface area contributed by atoms with E-state index in [1.54, 1.807) is 6.92 Å². The second kappa shape index (κ2) is 2.76. The largest absolute Gasteiger partial charge is 0.345 e. The van der Waals surface area contributed by atoms with Crippen LogP contribution in [0.15, 0.2) is 18.2 Å². The first-order valence-electron chi connectivity index (χ1n) is 4.11. The van der Waals surface area contributed by atoms with Gasteiger partial charge in [-0.2, -0.15) is 5.26 Å². The Morgan fingerprint density at radius 3 is 2.71 bits per heavy atom. The van der Waals surface area contributed by atoms with Gasteiger partial charge in [-0.25, -0.2) is 8.78 Å². The van der Waals surface area contributed by atoms with E-state index < -0.39 is 23.3 Å². The van der Waals surface area contributed by atoms with Crippen LogP contribution in [0, 0.1) is 23.0 Å². The molecule has 0 N–H and O–H groups in total. The van der Waals surface area contributed by atoms with Crippen LogP contribution in [-0.2, 0) is 10.3 Å². The van der Waals surface area contributed by atoms with Crippen molar-refractivity contribution in [2.24, 2.45) is 0 Å². The van der Waals surface area contributed by atoms with Crippen LogP contribution in [0.4, 0.5) is 8.78 Å². The molecule has 0 aliphatic carbocycles. The number of hydrogen-bond acceptors (Lipinski definition) is 2. The van der Waals surface area contributed by atoms with E-state index >= 15 is 0 Å². The standard InChI is InChI=1S/C10H7F2NO/c1-10(9(5-13)14-10)7-3-2-6(11)4-8(7)12/h2-4,9H,1H3. The maximum absolute atomic E-state index is 13.3. The van der Waals surface area contributed by atoms with Crippen LogP contribution in [0.3, 0.4) is 0 Å². The number of hydrogen-bond donors (Lipinski definition) is 0. The zero-order valence-electron chi connectivity index (χ0n) is 7.42. The molecule has 72 valence electrons. The summed E-state index contributed by atoms with van der Waals surface area (Å²) in [5.74, 6) is -1.31. The molecule has 0 saturated carbocycles. The molecule has 0 amide bonds. The molecule has 1 aromatic carbocycles. The second-order valence-electron chi connectivity index (χ2n) is 3.36. The summed E-state index contributed by atoms with van der Waals surface area (Å²) in [6.07, 6.45) is -0.637. The molecule has 4 heteroatoms. The lowest BCUT2D eigenvalue weighted by Crippen LogP contribution is -2.09. The molecule has 0 spiro atoms. The monoisotopic (exact) mass is 195 g/mol. The van der Waals surface area contributed by atoms with Gasteiger partial charge >= 0.3 is 0 Å². The Morgan fingerprint density at radius 1 is 1.50 bits per heavy atom. The minimum Gasteiger partial charge on any atom is -0.345 e. The summed E-state index contributed by atoms with van der Waals surface area (Å²) in [6, 6.07) is 5.14. The molecule has 1 aliphatic rings. The minimum atomic E-state index is -0.910. The Balaban J connectivity index is 2.40. The first kappa shape index (κ1) is 9.10. The maximum atomic E-state index is 13.3. The Morgan fingerprint density at radius 2 is 2.21 bits per heavy atom. The smallest absolute Gasteiger partial charge is 0.178 e. The zero-order valence-corrected chi connectivity index (χ0v) is 7.42. The van der Waals surface area contributed by atoms with Crippen molar-refractivity contribution < 1.29 is 13.5 Å². The van der Waals surface area contributed by atoms with E-state index in [2.05, 4.69) is 0 Å². The zero-order chi connectivity index (χ0) is 10.3. The number of nitrogens with zero attached hydrogens (tertiary/aromatic N) is 1. The van der Waals surface area contributed by atoms with Gasteiger partial charge in [0.25, 0.3) is 0 Å². The second-order valence-corrected chi connectivity index (χ2v) is 3.36. The molecule has 1 saturated heterocycles. The van der Waals surface area contributed by atoms with E-state index in [-0.39, 0.29) is 5.56 Å². The molecule has 0 aromatic heterocycles. The SMILES string of the molecule is CC1(c2ccc(F)cc2F)OC1C#N. The van der Waals surface area contributed by atoms with Gasteiger partial charge in [-0.15, -0.1) is 0 Å². The highest BCUT2D eigenvalue weighted by atomic mass is 19.1. The number of nitriles is 1. The summed E-state index contributed by atoms with van der Waals surface area (Å²) in [5, 5.41) is 8.58. The van der Waals surface area contributed by atoms with Gasteiger partial charge in [0.15, 0.2) is 6.10 Å². The quantitative estimate of drug-likeness (QED) is 0.643. The fourth-order valence-electron chi connectivity index (χ4n) is 1.46. The normalized spacial score (nSPS) is 29.7. The summed E-state index contributed by atoms with van der Waals surface area (Å²) in [5.41, 5.74) is -0.683. The first-order valence-corrected chi connectivity index (χ1v) is 4.11. The van der Waals surface area contributed by atoms with Crippen LogP contribution in [-0.4, -0.2) is 6.10 Å². The Labute approximate surface area is 79.7 Å². The third-order valence-corrected chi connectivity index (χ3v) is 2.39. The lowest BCUT2D eigenvalue weighted by molar-refractivity contribution is 0.314. The fraction of sp³-hybridized carbons (Fsp3) is 0.300. The summed E-state index contributed by atoms with van der Waals surface area (Å²) >= 11 is 0. The van der Waals surface area contributed by atoms with Crippen molar-refractivity contribution in [3.8, 4) is 6.07 Å².